The van der Waals surface area contributed by atoms with E-state index in [0.29, 0.717) is 37.7 Å². The molecule has 0 saturated carbocycles. The number of nitrogens with one attached hydrogen (secondary N) is 3. The number of imide groups is 1. The van der Waals surface area contributed by atoms with Crippen LogP contribution in [-0.4, -0.2) is 56.2 Å². The van der Waals surface area contributed by atoms with Gasteiger partial charge in [0.05, 0.1) is 12.2 Å². The maximum atomic E-state index is 12.9. The van der Waals surface area contributed by atoms with Gasteiger partial charge in [0.25, 0.3) is 5.91 Å². The van der Waals surface area contributed by atoms with Gasteiger partial charge in [0.2, 0.25) is 11.8 Å². The lowest BCUT2D eigenvalue weighted by Crippen LogP contribution is -2.52. The molecule has 10 nitrogen and oxygen atoms in total. The topological polar surface area (TPSA) is 121 Å². The average molecular weight is 438 g/mol. The smallest absolute Gasteiger partial charge is 0.255 e. The Morgan fingerprint density at radius 1 is 1.16 bits per heavy atom. The van der Waals surface area contributed by atoms with Gasteiger partial charge in [-0.2, -0.15) is 0 Å². The van der Waals surface area contributed by atoms with E-state index in [2.05, 4.69) is 26.3 Å². The van der Waals surface area contributed by atoms with Gasteiger partial charge in [-0.05, 0) is 43.0 Å². The van der Waals surface area contributed by atoms with Crippen molar-refractivity contribution >= 4 is 17.7 Å². The molecule has 0 bridgehead atoms. The van der Waals surface area contributed by atoms with Crippen molar-refractivity contribution in [3.63, 3.8) is 0 Å². The Hall–Kier alpha value is -3.11. The Morgan fingerprint density at radius 3 is 2.88 bits per heavy atom. The fraction of sp³-hybridized carbons (Fsp3) is 0.500. The summed E-state index contributed by atoms with van der Waals surface area (Å²) >= 11 is 0. The zero-order chi connectivity index (χ0) is 22.1. The first-order chi connectivity index (χ1) is 15.6. The molecule has 1 aromatic carbocycles. The molecule has 168 valence electrons. The van der Waals surface area contributed by atoms with Crippen LogP contribution in [0.15, 0.2) is 24.4 Å². The molecule has 2 fully saturated rings. The highest BCUT2D eigenvalue weighted by molar-refractivity contribution is 6.05. The summed E-state index contributed by atoms with van der Waals surface area (Å²) in [6.07, 6.45) is 4.98. The van der Waals surface area contributed by atoms with E-state index in [1.165, 1.54) is 12.8 Å². The molecule has 3 aliphatic rings. The molecule has 3 amide bonds. The number of carbonyl (C=O) groups is 3. The molecular weight excluding hydrogens is 410 g/mol. The quantitative estimate of drug-likeness (QED) is 0.525. The Bertz CT molecular complexity index is 1040. The summed E-state index contributed by atoms with van der Waals surface area (Å²) in [6, 6.07) is 5.72. The number of nitrogens with zero attached hydrogens (tertiary/aromatic N) is 4. The molecule has 3 N–H and O–H groups in total. The zero-order valence-electron chi connectivity index (χ0n) is 17.8. The lowest BCUT2D eigenvalue weighted by Gasteiger charge is -2.29. The Kier molecular flexibility index (Phi) is 5.71. The van der Waals surface area contributed by atoms with Crippen molar-refractivity contribution in [3.05, 3.63) is 46.8 Å². The van der Waals surface area contributed by atoms with Crippen LogP contribution in [0.4, 0.5) is 0 Å². The summed E-state index contributed by atoms with van der Waals surface area (Å²) in [6.45, 7) is 3.49. The number of rotatable bonds is 7. The molecule has 1 unspecified atom stereocenters. The van der Waals surface area contributed by atoms with E-state index in [-0.39, 0.29) is 24.1 Å². The van der Waals surface area contributed by atoms with Crippen LogP contribution in [0.1, 0.15) is 52.9 Å². The van der Waals surface area contributed by atoms with Crippen LogP contribution >= 0.6 is 0 Å². The first-order valence-electron chi connectivity index (χ1n) is 11.2. The van der Waals surface area contributed by atoms with E-state index in [1.54, 1.807) is 4.90 Å². The predicted octanol–water partition coefficient (Wildman–Crippen LogP) is 0.0809. The number of hydrogen-bond donors (Lipinski definition) is 3. The first kappa shape index (κ1) is 20.8. The maximum Gasteiger partial charge on any atom is 0.255 e. The third-order valence-corrected chi connectivity index (χ3v) is 6.38. The molecule has 0 aliphatic carbocycles. The monoisotopic (exact) mass is 437 g/mol. The van der Waals surface area contributed by atoms with Crippen LogP contribution in [0.25, 0.3) is 0 Å². The minimum Gasteiger partial charge on any atom is -0.322 e. The number of carbonyl (C=O) groups excluding carboxylic acids is 3. The number of piperidine rings is 1. The van der Waals surface area contributed by atoms with Gasteiger partial charge in [-0.25, -0.2) is 0 Å². The fourth-order valence-electron chi connectivity index (χ4n) is 4.69. The summed E-state index contributed by atoms with van der Waals surface area (Å²) in [4.78, 5) is 38.1. The highest BCUT2D eigenvalue weighted by Crippen LogP contribution is 2.28. The first-order valence-corrected chi connectivity index (χ1v) is 11.2. The second-order valence-corrected chi connectivity index (χ2v) is 8.72. The Balaban J connectivity index is 1.16. The molecule has 2 saturated heterocycles. The number of benzene rings is 1. The van der Waals surface area contributed by atoms with E-state index in [1.807, 2.05) is 29.1 Å². The van der Waals surface area contributed by atoms with Crippen LogP contribution in [0.2, 0.25) is 0 Å². The molecule has 0 radical (unpaired) electrons. The van der Waals surface area contributed by atoms with Gasteiger partial charge in [-0.3, -0.25) is 24.4 Å². The molecule has 1 aromatic heterocycles. The molecule has 10 heteroatoms. The average Bonchev–Trinajstić information content (AvgIpc) is 3.51. The zero-order valence-corrected chi connectivity index (χ0v) is 17.8. The van der Waals surface area contributed by atoms with Gasteiger partial charge >= 0.3 is 0 Å². The number of amides is 3. The highest BCUT2D eigenvalue weighted by atomic mass is 16.2. The summed E-state index contributed by atoms with van der Waals surface area (Å²) in [5, 5.41) is 17.6. The minimum absolute atomic E-state index is 0.153. The van der Waals surface area contributed by atoms with Gasteiger partial charge < -0.3 is 15.5 Å². The van der Waals surface area contributed by atoms with E-state index in [9.17, 15) is 14.4 Å². The summed E-state index contributed by atoms with van der Waals surface area (Å²) in [7, 11) is 0. The predicted molar refractivity (Wildman–Crippen MR) is 114 cm³/mol. The minimum atomic E-state index is -0.587. The number of hydrogen-bond acceptors (Lipinski definition) is 7. The van der Waals surface area contributed by atoms with Crippen molar-refractivity contribution in [1.82, 2.24) is 35.8 Å². The van der Waals surface area contributed by atoms with E-state index >= 15 is 0 Å². The largest absolute Gasteiger partial charge is 0.322 e. The van der Waals surface area contributed by atoms with Crippen LogP contribution in [-0.2, 0) is 35.8 Å². The summed E-state index contributed by atoms with van der Waals surface area (Å²) in [5.41, 5.74) is 3.41. The van der Waals surface area contributed by atoms with Gasteiger partial charge in [-0.1, -0.05) is 17.3 Å². The highest BCUT2D eigenvalue weighted by Gasteiger charge is 2.39. The molecular formula is C22H27N7O3. The van der Waals surface area contributed by atoms with Crippen LogP contribution in [0, 0.1) is 0 Å². The van der Waals surface area contributed by atoms with Crippen LogP contribution in [0.3, 0.4) is 0 Å². The van der Waals surface area contributed by atoms with Crippen molar-refractivity contribution in [2.45, 2.75) is 63.9 Å². The van der Waals surface area contributed by atoms with Crippen molar-refractivity contribution in [3.8, 4) is 0 Å². The van der Waals surface area contributed by atoms with E-state index < -0.39 is 6.04 Å². The van der Waals surface area contributed by atoms with Gasteiger partial charge in [-0.15, -0.1) is 5.10 Å². The fourth-order valence-corrected chi connectivity index (χ4v) is 4.69. The summed E-state index contributed by atoms with van der Waals surface area (Å²) < 4.78 is 1.89. The third kappa shape index (κ3) is 4.28. The number of aromatic nitrogens is 3. The van der Waals surface area contributed by atoms with Gasteiger partial charge in [0.1, 0.15) is 6.04 Å². The molecule has 0 spiro atoms. The molecule has 5 rings (SSSR count). The molecule has 3 aliphatic heterocycles. The summed E-state index contributed by atoms with van der Waals surface area (Å²) in [5.74, 6) is -0.820. The number of fused-ring (bicyclic) bond motifs is 1. The standard InChI is InChI=1S/C22H27N7O3/c30-20-6-5-19(21(31)25-20)29-11-15-4-3-14(8-18(15)22(29)32)9-23-10-17-13-28(27-26-17)12-16-2-1-7-24-16/h3-4,8,13,16,19,23-24H,1-2,5-7,9-12H2,(H,25,30,31)/t16-,19?/m0/s1. The molecule has 32 heavy (non-hydrogen) atoms. The van der Waals surface area contributed by atoms with Crippen molar-refractivity contribution in [2.24, 2.45) is 0 Å². The van der Waals surface area contributed by atoms with Crippen molar-refractivity contribution in [1.29, 1.82) is 0 Å². The Labute approximate surface area is 185 Å². The second-order valence-electron chi connectivity index (χ2n) is 8.72. The van der Waals surface area contributed by atoms with E-state index in [0.717, 1.165) is 29.9 Å². The lowest BCUT2D eigenvalue weighted by molar-refractivity contribution is -0.136. The SMILES string of the molecule is O=C1CCC(N2Cc3ccc(CNCc4cn(C[C@@H]5CCCN5)nn4)cc3C2=O)C(=O)N1. The second kappa shape index (κ2) is 8.79. The molecule has 2 aromatic rings. The van der Waals surface area contributed by atoms with Crippen LogP contribution < -0.4 is 16.0 Å². The third-order valence-electron chi connectivity index (χ3n) is 6.38. The Morgan fingerprint density at radius 2 is 2.06 bits per heavy atom. The van der Waals surface area contributed by atoms with Gasteiger partial charge in [0.15, 0.2) is 0 Å². The van der Waals surface area contributed by atoms with E-state index in [4.69, 9.17) is 0 Å². The molecule has 2 atom stereocenters. The van der Waals surface area contributed by atoms with Crippen molar-refractivity contribution in [2.75, 3.05) is 6.54 Å². The maximum absolute atomic E-state index is 12.9. The normalized spacial score (nSPS) is 23.0. The lowest BCUT2D eigenvalue weighted by atomic mass is 10.0. The van der Waals surface area contributed by atoms with Crippen LogP contribution in [0.5, 0.6) is 0 Å². The molecule has 4 heterocycles. The van der Waals surface area contributed by atoms with Crippen molar-refractivity contribution < 1.29 is 14.4 Å². The van der Waals surface area contributed by atoms with Gasteiger partial charge in [0, 0.05) is 43.9 Å².